The third-order valence-corrected chi connectivity index (χ3v) is 6.16. The molecule has 0 fully saturated rings. The molecular weight excluding hydrogens is 328 g/mol. The summed E-state index contributed by atoms with van der Waals surface area (Å²) in [7, 11) is 0. The second kappa shape index (κ2) is 6.29. The fourth-order valence-corrected chi connectivity index (χ4v) is 5.28. The zero-order chi connectivity index (χ0) is 16.6. The Balaban J connectivity index is 2.18. The monoisotopic (exact) mass is 346 g/mol. The molecule has 0 spiro atoms. The van der Waals surface area contributed by atoms with Gasteiger partial charge in [-0.05, 0) is 54.3 Å². The van der Waals surface area contributed by atoms with Crippen molar-refractivity contribution in [2.24, 2.45) is 11.7 Å². The topological polar surface area (TPSA) is 63.4 Å². The molecule has 0 radical (unpaired) electrons. The van der Waals surface area contributed by atoms with Crippen LogP contribution in [0.1, 0.15) is 34.1 Å². The summed E-state index contributed by atoms with van der Waals surface area (Å²) in [5.41, 5.74) is 7.18. The number of thiophene rings is 2. The summed E-state index contributed by atoms with van der Waals surface area (Å²) in [6.45, 7) is 5.79. The van der Waals surface area contributed by atoms with Gasteiger partial charge in [0, 0.05) is 4.88 Å². The van der Waals surface area contributed by atoms with Gasteiger partial charge in [0.25, 0.3) is 11.8 Å². The third kappa shape index (κ3) is 2.84. The number of nitrogens with zero attached hydrogens (tertiary/aromatic N) is 1. The molecule has 2 aromatic rings. The van der Waals surface area contributed by atoms with Gasteiger partial charge >= 0.3 is 0 Å². The number of anilines is 2. The van der Waals surface area contributed by atoms with Crippen molar-refractivity contribution in [1.29, 1.82) is 0 Å². The molecule has 23 heavy (non-hydrogen) atoms. The van der Waals surface area contributed by atoms with Crippen LogP contribution in [0.25, 0.3) is 0 Å². The van der Waals surface area contributed by atoms with Crippen LogP contribution in [0, 0.1) is 5.92 Å². The van der Waals surface area contributed by atoms with Gasteiger partial charge < -0.3 is 5.73 Å². The van der Waals surface area contributed by atoms with E-state index in [1.54, 1.807) is 4.90 Å². The standard InChI is InChI=1S/C17H18N2O2S2/c1-3-13(20)19(14-5-4-8-22-14)17-15(16(18)21)11-7-6-10(2)9-12(11)23-17/h3-5,8,10H,1,6-7,9H2,2H3,(H2,18,21). The smallest absolute Gasteiger partial charge is 0.256 e. The van der Waals surface area contributed by atoms with Crippen molar-refractivity contribution in [3.05, 3.63) is 46.2 Å². The molecule has 1 atom stereocenters. The van der Waals surface area contributed by atoms with E-state index in [0.29, 0.717) is 16.5 Å². The summed E-state index contributed by atoms with van der Waals surface area (Å²) in [4.78, 5) is 27.3. The fraction of sp³-hybridized carbons (Fsp3) is 0.294. The van der Waals surface area contributed by atoms with E-state index >= 15 is 0 Å². The number of amides is 2. The molecule has 2 aromatic heterocycles. The van der Waals surface area contributed by atoms with Gasteiger partial charge in [-0.3, -0.25) is 14.5 Å². The van der Waals surface area contributed by atoms with Crippen molar-refractivity contribution in [3.63, 3.8) is 0 Å². The Morgan fingerprint density at radius 1 is 1.48 bits per heavy atom. The number of carbonyl (C=O) groups excluding carboxylic acids is 2. The average molecular weight is 346 g/mol. The van der Waals surface area contributed by atoms with E-state index in [4.69, 9.17) is 5.73 Å². The Kier molecular flexibility index (Phi) is 4.37. The maximum atomic E-state index is 12.4. The highest BCUT2D eigenvalue weighted by atomic mass is 32.1. The molecule has 2 N–H and O–H groups in total. The van der Waals surface area contributed by atoms with E-state index < -0.39 is 5.91 Å². The molecule has 0 saturated carbocycles. The number of rotatable bonds is 4. The number of fused-ring (bicyclic) bond motifs is 1. The Hall–Kier alpha value is -1.92. The summed E-state index contributed by atoms with van der Waals surface area (Å²) in [6, 6.07) is 3.74. The van der Waals surface area contributed by atoms with Gasteiger partial charge in [0.05, 0.1) is 5.56 Å². The lowest BCUT2D eigenvalue weighted by atomic mass is 9.88. The first-order valence-electron chi connectivity index (χ1n) is 7.47. The van der Waals surface area contributed by atoms with Gasteiger partial charge in [-0.15, -0.1) is 22.7 Å². The summed E-state index contributed by atoms with van der Waals surface area (Å²) in [5, 5.41) is 3.30. The molecule has 120 valence electrons. The average Bonchev–Trinajstić information content (AvgIpc) is 3.14. The van der Waals surface area contributed by atoms with Crippen LogP contribution < -0.4 is 10.6 Å². The zero-order valence-electron chi connectivity index (χ0n) is 12.9. The van der Waals surface area contributed by atoms with Crippen molar-refractivity contribution in [2.75, 3.05) is 4.90 Å². The SMILES string of the molecule is C=CC(=O)N(c1cccs1)c1sc2c(c1C(N)=O)CCC(C)C2. The molecule has 4 nitrogen and oxygen atoms in total. The second-order valence-electron chi connectivity index (χ2n) is 5.73. The number of hydrogen-bond acceptors (Lipinski definition) is 4. The lowest BCUT2D eigenvalue weighted by Gasteiger charge is -2.19. The molecule has 6 heteroatoms. The van der Waals surface area contributed by atoms with E-state index in [1.807, 2.05) is 17.5 Å². The minimum absolute atomic E-state index is 0.249. The van der Waals surface area contributed by atoms with Crippen LogP contribution in [0.5, 0.6) is 0 Å². The van der Waals surface area contributed by atoms with Crippen molar-refractivity contribution < 1.29 is 9.59 Å². The number of primary amides is 1. The molecule has 1 aliphatic rings. The van der Waals surface area contributed by atoms with Crippen molar-refractivity contribution in [2.45, 2.75) is 26.2 Å². The van der Waals surface area contributed by atoms with Gasteiger partial charge in [0.1, 0.15) is 10.0 Å². The van der Waals surface area contributed by atoms with Gasteiger partial charge in [0.2, 0.25) is 0 Å². The van der Waals surface area contributed by atoms with E-state index in [-0.39, 0.29) is 5.91 Å². The number of nitrogens with two attached hydrogens (primary N) is 1. The maximum Gasteiger partial charge on any atom is 0.256 e. The third-order valence-electron chi connectivity index (χ3n) is 4.06. The largest absolute Gasteiger partial charge is 0.365 e. The van der Waals surface area contributed by atoms with Crippen LogP contribution in [0.3, 0.4) is 0 Å². The Labute approximate surface area is 143 Å². The molecule has 0 aliphatic heterocycles. The Bertz CT molecular complexity index is 762. The van der Waals surface area contributed by atoms with Crippen LogP contribution >= 0.6 is 22.7 Å². The quantitative estimate of drug-likeness (QED) is 0.854. The highest BCUT2D eigenvalue weighted by molar-refractivity contribution is 7.18. The summed E-state index contributed by atoms with van der Waals surface area (Å²) in [6.07, 6.45) is 4.08. The fourth-order valence-electron chi connectivity index (χ4n) is 2.95. The summed E-state index contributed by atoms with van der Waals surface area (Å²) >= 11 is 2.96. The second-order valence-corrected chi connectivity index (χ2v) is 7.73. The zero-order valence-corrected chi connectivity index (χ0v) is 14.5. The molecule has 0 aromatic carbocycles. The Morgan fingerprint density at radius 3 is 2.87 bits per heavy atom. The predicted octanol–water partition coefficient (Wildman–Crippen LogP) is 3.88. The summed E-state index contributed by atoms with van der Waals surface area (Å²) in [5.74, 6) is -0.132. The number of hydrogen-bond donors (Lipinski definition) is 1. The maximum absolute atomic E-state index is 12.4. The van der Waals surface area contributed by atoms with Gasteiger partial charge in [-0.1, -0.05) is 13.5 Å². The van der Waals surface area contributed by atoms with Crippen LogP contribution in [0.15, 0.2) is 30.2 Å². The van der Waals surface area contributed by atoms with Gasteiger partial charge in [0.15, 0.2) is 0 Å². The van der Waals surface area contributed by atoms with Gasteiger partial charge in [-0.25, -0.2) is 0 Å². The van der Waals surface area contributed by atoms with E-state index in [9.17, 15) is 9.59 Å². The normalized spacial score (nSPS) is 16.7. The molecule has 1 unspecified atom stereocenters. The van der Waals surface area contributed by atoms with Gasteiger partial charge in [-0.2, -0.15) is 0 Å². The Morgan fingerprint density at radius 2 is 2.26 bits per heavy atom. The minimum atomic E-state index is -0.467. The van der Waals surface area contributed by atoms with Crippen LogP contribution in [-0.4, -0.2) is 11.8 Å². The molecular formula is C17H18N2O2S2. The van der Waals surface area contributed by atoms with Crippen molar-refractivity contribution >= 4 is 44.5 Å². The number of carbonyl (C=O) groups is 2. The molecule has 0 saturated heterocycles. The first-order valence-corrected chi connectivity index (χ1v) is 9.17. The molecule has 3 rings (SSSR count). The van der Waals surface area contributed by atoms with E-state index in [0.717, 1.165) is 29.8 Å². The lowest BCUT2D eigenvalue weighted by Crippen LogP contribution is -2.25. The first-order chi connectivity index (χ1) is 11.0. The lowest BCUT2D eigenvalue weighted by molar-refractivity contribution is -0.113. The molecule has 1 aliphatic carbocycles. The highest BCUT2D eigenvalue weighted by Crippen LogP contribution is 2.44. The van der Waals surface area contributed by atoms with E-state index in [1.165, 1.54) is 33.6 Å². The first kappa shape index (κ1) is 16.0. The van der Waals surface area contributed by atoms with Crippen molar-refractivity contribution in [3.8, 4) is 0 Å². The summed E-state index contributed by atoms with van der Waals surface area (Å²) < 4.78 is 0. The highest BCUT2D eigenvalue weighted by Gasteiger charge is 2.31. The molecule has 0 bridgehead atoms. The molecule has 2 amide bonds. The van der Waals surface area contributed by atoms with Crippen LogP contribution in [0.2, 0.25) is 0 Å². The van der Waals surface area contributed by atoms with Crippen molar-refractivity contribution in [1.82, 2.24) is 0 Å². The minimum Gasteiger partial charge on any atom is -0.365 e. The predicted molar refractivity (Wildman–Crippen MR) is 95.7 cm³/mol. The molecule has 2 heterocycles. The van der Waals surface area contributed by atoms with Crippen LogP contribution in [0.4, 0.5) is 10.0 Å². The van der Waals surface area contributed by atoms with E-state index in [2.05, 4.69) is 13.5 Å². The van der Waals surface area contributed by atoms with Crippen LogP contribution in [-0.2, 0) is 17.6 Å².